The summed E-state index contributed by atoms with van der Waals surface area (Å²) in [5.41, 5.74) is 6.81. The Morgan fingerprint density at radius 1 is 0.528 bits per heavy atom. The number of carboxylic acids is 1. The molecule has 0 bridgehead atoms. The highest BCUT2D eigenvalue weighted by Gasteiger charge is 2.45. The number of aromatic amines is 1. The van der Waals surface area contributed by atoms with Crippen LogP contribution in [0.2, 0.25) is 0 Å². The number of carbonyl (C=O) groups is 5. The van der Waals surface area contributed by atoms with Gasteiger partial charge in [-0.1, -0.05) is 104 Å². The summed E-state index contributed by atoms with van der Waals surface area (Å²) < 4.78 is 109. The first-order valence-electron chi connectivity index (χ1n) is 41.5. The molecule has 4 amide bonds. The topological polar surface area (TPSA) is 302 Å². The standard InChI is InChI=1S/C33H41F2N3O6.C28H30F2N2O4.C25H29F2NO6.C9H13NO/c1-33(2,3)44-32(41)38-25(15-18-27(38)29(39)22-13-16-26(17-14-22)43-31(34)35)19-21-9-11-23(12-10-21)30(40)37(4)20-24-7-6-8-28(36-24)42-5;1-32(17-23-3-2-4-25(33)31-23)27(35)21-8-5-18(6-9-21)15-19-7-10-22(16-19)26(34)20-11-13-24(14-12-20)36-28(29)30;1-25(2,3)34-24(32)28-18(14-15-4-6-17(7-5-15)22(30)31)10-13-20(28)21(29)16-8-11-19(12-9-16)33-23(26)27;1-3-5-8-6-4-7-9(10-8)11-2/h6-14,16-17,25,27-29,31,36,39H,15,18-20H2,1-5H3;2-6,8-9,11-14,19,22,26,28,34H,7,10,15-17H2,1H3,(H,31,33);4-9,11-12,18,20-21,23,29H,10,13-14H2,1-3H3,(H,30,31);4,6-7H,3,5H2,1-2H3. The number of hydrogen-bond acceptors (Lipinski definition) is 18. The fourth-order valence-corrected chi connectivity index (χ4v) is 15.5. The van der Waals surface area contributed by atoms with E-state index in [9.17, 15) is 70.4 Å². The van der Waals surface area contributed by atoms with Gasteiger partial charge in [0, 0.05) is 73.6 Å². The van der Waals surface area contributed by atoms with Gasteiger partial charge in [0.1, 0.15) is 34.7 Å². The zero-order valence-corrected chi connectivity index (χ0v) is 72.1. The van der Waals surface area contributed by atoms with E-state index in [1.165, 1.54) is 78.9 Å². The normalized spacial score (nSPS) is 18.6. The maximum atomic E-state index is 13.4. The summed E-state index contributed by atoms with van der Waals surface area (Å²) >= 11 is 0. The van der Waals surface area contributed by atoms with Gasteiger partial charge in [0.05, 0.1) is 56.2 Å². The van der Waals surface area contributed by atoms with Crippen molar-refractivity contribution in [1.29, 1.82) is 0 Å². The van der Waals surface area contributed by atoms with E-state index in [4.69, 9.17) is 24.1 Å². The summed E-state index contributed by atoms with van der Waals surface area (Å²) in [6, 6.07) is 48.0. The summed E-state index contributed by atoms with van der Waals surface area (Å²) in [4.78, 5) is 88.3. The smallest absolute Gasteiger partial charge is 0.410 e. The van der Waals surface area contributed by atoms with Crippen LogP contribution < -0.4 is 29.8 Å². The number of aliphatic hydroxyl groups is 3. The first-order chi connectivity index (χ1) is 59.4. The number of H-pyrrole nitrogens is 1. The molecule has 1 aliphatic carbocycles. The van der Waals surface area contributed by atoms with Crippen molar-refractivity contribution in [3.05, 3.63) is 278 Å². The zero-order chi connectivity index (χ0) is 90.8. The molecule has 6 aromatic carbocycles. The number of benzene rings is 6. The van der Waals surface area contributed by atoms with E-state index in [0.29, 0.717) is 96.9 Å². The molecule has 0 spiro atoms. The molecule has 10 unspecified atom stereocenters. The van der Waals surface area contributed by atoms with E-state index in [0.717, 1.165) is 66.6 Å². The molecule has 3 aliphatic heterocycles. The van der Waals surface area contributed by atoms with Crippen LogP contribution in [0.4, 0.5) is 35.9 Å². The molecular formula is C95H113F6N7O17. The number of nitrogens with one attached hydrogen (secondary N) is 2. The van der Waals surface area contributed by atoms with Gasteiger partial charge in [-0.05, 0) is 254 Å². The van der Waals surface area contributed by atoms with Crippen molar-refractivity contribution in [1.82, 2.24) is 34.9 Å². The molecule has 125 heavy (non-hydrogen) atoms. The number of allylic oxidation sites excluding steroid dienone is 2. The minimum absolute atomic E-state index is 0.0167. The third kappa shape index (κ3) is 29.7. The number of pyridine rings is 2. The Bertz CT molecular complexity index is 4900. The number of rotatable bonds is 29. The second kappa shape index (κ2) is 45.8. The molecule has 30 heteroatoms. The number of likely N-dealkylation sites (tertiary alicyclic amines) is 2. The number of aliphatic hydroxyl groups excluding tert-OH is 3. The number of aryl methyl sites for hydroxylation is 1. The third-order valence-corrected chi connectivity index (χ3v) is 21.5. The van der Waals surface area contributed by atoms with Crippen molar-refractivity contribution >= 4 is 30.0 Å². The van der Waals surface area contributed by atoms with Gasteiger partial charge in [0.25, 0.3) is 11.8 Å². The number of amides is 4. The van der Waals surface area contributed by atoms with Crippen molar-refractivity contribution in [2.45, 2.75) is 212 Å². The van der Waals surface area contributed by atoms with E-state index < -0.39 is 79.6 Å². The van der Waals surface area contributed by atoms with Crippen LogP contribution in [0.15, 0.2) is 211 Å². The van der Waals surface area contributed by atoms with Crippen LogP contribution >= 0.6 is 0 Å². The SMILES string of the molecule is CC(C)(C)OC(=O)N1C(Cc2ccc(C(=O)O)cc2)CCC1C(O)c1ccc(OC(F)F)cc1.CCCc1cccc(OC)n1.CN(Cc1cccc(=O)[nH]1)C(=O)c1ccc(CC2CCC(C(O)c3ccc(OC(F)F)cc3)C2)cc1.COC1C=CC=C(CN(C)C(=O)c2ccc(CC3CCC(C(O)c4ccc(OC(F)F)cc4)N3C(=O)OC(C)(C)C)cc2)N1. The van der Waals surface area contributed by atoms with Crippen molar-refractivity contribution in [3.63, 3.8) is 0 Å². The molecule has 0 radical (unpaired) electrons. The molecule has 2 saturated heterocycles. The van der Waals surface area contributed by atoms with Crippen LogP contribution in [0.1, 0.15) is 194 Å². The average molecular weight is 1740 g/mol. The van der Waals surface area contributed by atoms with E-state index in [1.807, 2.05) is 72.8 Å². The molecule has 12 rings (SSSR count). The van der Waals surface area contributed by atoms with Gasteiger partial charge in [-0.2, -0.15) is 26.3 Å². The number of hydrogen-bond donors (Lipinski definition) is 6. The zero-order valence-electron chi connectivity index (χ0n) is 72.1. The monoisotopic (exact) mass is 1740 g/mol. The molecule has 10 atom stereocenters. The van der Waals surface area contributed by atoms with Crippen molar-refractivity contribution in [2.24, 2.45) is 11.8 Å². The molecule has 24 nitrogen and oxygen atoms in total. The van der Waals surface area contributed by atoms with Crippen LogP contribution in [0.3, 0.4) is 0 Å². The molecule has 2 aromatic heterocycles. The lowest BCUT2D eigenvalue weighted by atomic mass is 9.91. The number of halogens is 6. The highest BCUT2D eigenvalue weighted by molar-refractivity contribution is 5.95. The minimum atomic E-state index is -2.95. The molecule has 5 heterocycles. The van der Waals surface area contributed by atoms with Crippen LogP contribution in [-0.4, -0.2) is 176 Å². The number of likely N-dealkylation sites (N-methyl/N-ethyl adjacent to an activating group) is 1. The lowest BCUT2D eigenvalue weighted by Gasteiger charge is -2.35. The Kier molecular flexibility index (Phi) is 35.5. The lowest BCUT2D eigenvalue weighted by Crippen LogP contribution is -2.47. The maximum absolute atomic E-state index is 13.4. The number of aromatic carboxylic acids is 1. The Balaban J connectivity index is 0.000000201. The number of methoxy groups -OCH3 is 2. The van der Waals surface area contributed by atoms with Gasteiger partial charge in [0.2, 0.25) is 11.4 Å². The molecular weight excluding hydrogens is 1630 g/mol. The first-order valence-corrected chi connectivity index (χ1v) is 41.5. The van der Waals surface area contributed by atoms with Gasteiger partial charge in [0.15, 0.2) is 0 Å². The maximum Gasteiger partial charge on any atom is 0.410 e. The highest BCUT2D eigenvalue weighted by Crippen LogP contribution is 2.43. The van der Waals surface area contributed by atoms with E-state index >= 15 is 0 Å². The number of aromatic nitrogens is 2. The Morgan fingerprint density at radius 2 is 0.960 bits per heavy atom. The largest absolute Gasteiger partial charge is 0.481 e. The number of carboxylic acid groups (broad SMARTS) is 1. The van der Waals surface area contributed by atoms with Gasteiger partial charge < -0.3 is 73.7 Å². The summed E-state index contributed by atoms with van der Waals surface area (Å²) in [7, 11) is 6.68. The average Bonchev–Trinajstić information content (AvgIpc) is 1.65. The third-order valence-electron chi connectivity index (χ3n) is 21.5. The fourth-order valence-electron chi connectivity index (χ4n) is 15.5. The number of nitrogens with zero attached hydrogens (tertiary/aromatic N) is 5. The Morgan fingerprint density at radius 3 is 1.38 bits per heavy atom. The van der Waals surface area contributed by atoms with Crippen LogP contribution in [0.25, 0.3) is 0 Å². The van der Waals surface area contributed by atoms with Gasteiger partial charge in [-0.15, -0.1) is 0 Å². The number of alkyl halides is 6. The van der Waals surface area contributed by atoms with E-state index in [1.54, 1.807) is 138 Å². The molecule has 6 N–H and O–H groups in total. The van der Waals surface area contributed by atoms with E-state index in [2.05, 4.69) is 36.4 Å². The van der Waals surface area contributed by atoms with Crippen molar-refractivity contribution in [2.75, 3.05) is 34.9 Å². The molecule has 4 aliphatic rings. The van der Waals surface area contributed by atoms with Crippen molar-refractivity contribution in [3.8, 4) is 23.1 Å². The van der Waals surface area contributed by atoms with Crippen molar-refractivity contribution < 1.29 is 104 Å². The minimum Gasteiger partial charge on any atom is -0.481 e. The quantitative estimate of drug-likeness (QED) is 0.0237. The summed E-state index contributed by atoms with van der Waals surface area (Å²) in [6.07, 6.45) is 10.6. The summed E-state index contributed by atoms with van der Waals surface area (Å²) in [5.74, 6) is -0.00483. The molecule has 8 aromatic rings. The predicted octanol–water partition coefficient (Wildman–Crippen LogP) is 17.4. The Labute approximate surface area is 724 Å². The summed E-state index contributed by atoms with van der Waals surface area (Å²) in [6.45, 7) is 4.69. The van der Waals surface area contributed by atoms with E-state index in [-0.39, 0.29) is 64.4 Å². The van der Waals surface area contributed by atoms with Gasteiger partial charge in [-0.25, -0.2) is 19.4 Å². The van der Waals surface area contributed by atoms with Gasteiger partial charge in [-0.3, -0.25) is 24.2 Å². The number of dihydropyridines is 1. The van der Waals surface area contributed by atoms with Crippen LogP contribution in [0.5, 0.6) is 23.1 Å². The molecule has 672 valence electrons. The second-order valence-corrected chi connectivity index (χ2v) is 33.2. The fraction of sp³-hybridized carbons (Fsp3) is 0.421. The van der Waals surface area contributed by atoms with Gasteiger partial charge >= 0.3 is 38.0 Å². The number of ether oxygens (including phenoxy) is 7. The molecule has 3 fully saturated rings. The lowest BCUT2D eigenvalue weighted by molar-refractivity contribution is -0.0505. The summed E-state index contributed by atoms with van der Waals surface area (Å²) in [5, 5.41) is 45.5. The second-order valence-electron chi connectivity index (χ2n) is 33.2. The van der Waals surface area contributed by atoms with Crippen LogP contribution in [0, 0.1) is 11.8 Å². The van der Waals surface area contributed by atoms with Crippen LogP contribution in [-0.2, 0) is 46.4 Å². The Hall–Kier alpha value is -11.7. The predicted molar refractivity (Wildman–Crippen MR) is 458 cm³/mol. The highest BCUT2D eigenvalue weighted by atomic mass is 19.3. The molecule has 1 saturated carbocycles. The first kappa shape index (κ1) is 97.1. The number of carbonyl (C=O) groups excluding carboxylic acids is 4.